The Morgan fingerprint density at radius 1 is 1.04 bits per heavy atom. The van der Waals surface area contributed by atoms with Crippen molar-refractivity contribution in [3.05, 3.63) is 81.3 Å². The summed E-state index contributed by atoms with van der Waals surface area (Å²) >= 11 is 17.9. The number of anilines is 1. The average Bonchev–Trinajstić information content (AvgIpc) is 3.06. The number of nitrogens with zero attached hydrogens (tertiary/aromatic N) is 2. The lowest BCUT2D eigenvalue weighted by atomic mass is 10.1. The van der Waals surface area contributed by atoms with E-state index in [-0.39, 0.29) is 5.91 Å². The fourth-order valence-corrected chi connectivity index (χ4v) is 2.76. The second-order valence-electron chi connectivity index (χ2n) is 5.13. The lowest BCUT2D eigenvalue weighted by molar-refractivity contribution is 0.102. The van der Waals surface area contributed by atoms with Gasteiger partial charge in [-0.1, -0.05) is 46.9 Å². The number of carbonyl (C=O) groups is 1. The van der Waals surface area contributed by atoms with E-state index in [1.165, 1.54) is 12.1 Å². The van der Waals surface area contributed by atoms with Gasteiger partial charge in [0.15, 0.2) is 0 Å². The van der Waals surface area contributed by atoms with Crippen LogP contribution in [-0.2, 0) is 6.54 Å². The molecule has 0 aliphatic heterocycles. The summed E-state index contributed by atoms with van der Waals surface area (Å²) < 4.78 is 1.95. The van der Waals surface area contributed by atoms with Crippen LogP contribution in [0.4, 0.5) is 5.69 Å². The predicted octanol–water partition coefficient (Wildman–Crippen LogP) is 5.14. The fraction of sp³-hybridized carbons (Fsp3) is 0.0588. The molecule has 0 unspecified atom stereocenters. The van der Waals surface area contributed by atoms with Gasteiger partial charge in [-0.15, -0.1) is 0 Å². The van der Waals surface area contributed by atoms with Gasteiger partial charge < -0.3 is 9.88 Å². The molecule has 3 aromatic rings. The number of imidazole rings is 1. The lowest BCUT2D eigenvalue weighted by Gasteiger charge is -2.09. The molecule has 0 atom stereocenters. The van der Waals surface area contributed by atoms with E-state index in [0.717, 1.165) is 5.56 Å². The lowest BCUT2D eigenvalue weighted by Crippen LogP contribution is -2.12. The van der Waals surface area contributed by atoms with Gasteiger partial charge in [-0.2, -0.15) is 0 Å². The van der Waals surface area contributed by atoms with Crippen LogP contribution < -0.4 is 5.32 Å². The summed E-state index contributed by atoms with van der Waals surface area (Å²) in [6.45, 7) is 0.695. The van der Waals surface area contributed by atoms with E-state index in [1.54, 1.807) is 24.7 Å². The van der Waals surface area contributed by atoms with E-state index in [4.69, 9.17) is 34.8 Å². The minimum absolute atomic E-state index is 0.274. The van der Waals surface area contributed by atoms with Crippen LogP contribution in [0.15, 0.2) is 55.1 Å². The average molecular weight is 381 g/mol. The molecule has 1 heterocycles. The first-order valence-electron chi connectivity index (χ1n) is 7.03. The number of rotatable bonds is 4. The molecule has 0 aliphatic rings. The highest BCUT2D eigenvalue weighted by Gasteiger charge is 2.11. The van der Waals surface area contributed by atoms with Crippen molar-refractivity contribution >= 4 is 46.4 Å². The first kappa shape index (κ1) is 16.8. The minimum Gasteiger partial charge on any atom is -0.333 e. The molecule has 3 rings (SSSR count). The van der Waals surface area contributed by atoms with E-state index in [1.807, 2.05) is 22.9 Å². The van der Waals surface area contributed by atoms with E-state index in [0.29, 0.717) is 32.9 Å². The first-order valence-corrected chi connectivity index (χ1v) is 8.17. The number of carbonyl (C=O) groups excluding carboxylic acids is 1. The smallest absolute Gasteiger partial charge is 0.255 e. The predicted molar refractivity (Wildman–Crippen MR) is 97.2 cm³/mol. The Bertz CT molecular complexity index is 862. The van der Waals surface area contributed by atoms with Gasteiger partial charge in [0, 0.05) is 24.5 Å². The molecular weight excluding hydrogens is 369 g/mol. The molecule has 1 aromatic heterocycles. The molecule has 4 nitrogen and oxygen atoms in total. The Labute approximate surface area is 154 Å². The number of hydrogen-bond acceptors (Lipinski definition) is 2. The summed E-state index contributed by atoms with van der Waals surface area (Å²) in [6, 6.07) is 10.3. The van der Waals surface area contributed by atoms with Crippen LogP contribution in [0.2, 0.25) is 15.1 Å². The highest BCUT2D eigenvalue weighted by atomic mass is 35.5. The molecule has 0 bridgehead atoms. The van der Waals surface area contributed by atoms with Gasteiger partial charge >= 0.3 is 0 Å². The third-order valence-corrected chi connectivity index (χ3v) is 4.43. The van der Waals surface area contributed by atoms with Crippen LogP contribution in [0.1, 0.15) is 15.9 Å². The third-order valence-electron chi connectivity index (χ3n) is 3.40. The topological polar surface area (TPSA) is 46.9 Å². The summed E-state index contributed by atoms with van der Waals surface area (Å²) in [7, 11) is 0. The Morgan fingerprint density at radius 3 is 2.42 bits per heavy atom. The minimum atomic E-state index is -0.274. The highest BCUT2D eigenvalue weighted by molar-refractivity contribution is 6.44. The Hall–Kier alpha value is -2.01. The highest BCUT2D eigenvalue weighted by Crippen LogP contribution is 2.32. The zero-order valence-corrected chi connectivity index (χ0v) is 14.6. The van der Waals surface area contributed by atoms with E-state index >= 15 is 0 Å². The van der Waals surface area contributed by atoms with Crippen molar-refractivity contribution < 1.29 is 4.79 Å². The van der Waals surface area contributed by atoms with Crippen molar-refractivity contribution in [3.8, 4) is 0 Å². The fourth-order valence-electron chi connectivity index (χ4n) is 2.17. The molecular formula is C17H12Cl3N3O. The standard InChI is InChI=1S/C17H12Cl3N3O/c18-13-7-15(20)16(8-14(13)19)22-17(24)12-3-1-11(2-4-12)9-23-6-5-21-10-23/h1-8,10H,9H2,(H,22,24). The largest absolute Gasteiger partial charge is 0.333 e. The van der Waals surface area contributed by atoms with Gasteiger partial charge in [0.25, 0.3) is 5.91 Å². The van der Waals surface area contributed by atoms with Crippen molar-refractivity contribution in [2.24, 2.45) is 0 Å². The van der Waals surface area contributed by atoms with Gasteiger partial charge in [0.05, 0.1) is 27.1 Å². The summed E-state index contributed by atoms with van der Waals surface area (Å²) in [5, 5.41) is 3.72. The van der Waals surface area contributed by atoms with Crippen LogP contribution in [0.3, 0.4) is 0 Å². The van der Waals surface area contributed by atoms with Gasteiger partial charge in [0.1, 0.15) is 0 Å². The molecule has 0 spiro atoms. The number of hydrogen-bond donors (Lipinski definition) is 1. The molecule has 24 heavy (non-hydrogen) atoms. The molecule has 0 fully saturated rings. The molecule has 122 valence electrons. The molecule has 7 heteroatoms. The molecule has 1 amide bonds. The molecule has 1 N–H and O–H groups in total. The van der Waals surface area contributed by atoms with Gasteiger partial charge in [-0.3, -0.25) is 4.79 Å². The van der Waals surface area contributed by atoms with Crippen LogP contribution in [-0.4, -0.2) is 15.5 Å². The van der Waals surface area contributed by atoms with Crippen molar-refractivity contribution in [2.45, 2.75) is 6.54 Å². The zero-order chi connectivity index (χ0) is 17.1. The van der Waals surface area contributed by atoms with Crippen molar-refractivity contribution in [3.63, 3.8) is 0 Å². The van der Waals surface area contributed by atoms with E-state index in [9.17, 15) is 4.79 Å². The maximum Gasteiger partial charge on any atom is 0.255 e. The Kier molecular flexibility index (Phi) is 5.09. The summed E-state index contributed by atoms with van der Waals surface area (Å²) in [5.41, 5.74) is 2.00. The normalized spacial score (nSPS) is 10.6. The number of nitrogens with one attached hydrogen (secondary N) is 1. The SMILES string of the molecule is O=C(Nc1cc(Cl)c(Cl)cc1Cl)c1ccc(Cn2ccnc2)cc1. The number of benzene rings is 2. The maximum atomic E-state index is 12.3. The first-order chi connectivity index (χ1) is 11.5. The number of halogens is 3. The molecule has 0 aliphatic carbocycles. The second kappa shape index (κ2) is 7.26. The summed E-state index contributed by atoms with van der Waals surface area (Å²) in [4.78, 5) is 16.3. The van der Waals surface area contributed by atoms with Crippen molar-refractivity contribution in [1.82, 2.24) is 9.55 Å². The number of aromatic nitrogens is 2. The van der Waals surface area contributed by atoms with E-state index < -0.39 is 0 Å². The molecule has 2 aromatic carbocycles. The summed E-state index contributed by atoms with van der Waals surface area (Å²) in [6.07, 6.45) is 5.35. The maximum absolute atomic E-state index is 12.3. The monoisotopic (exact) mass is 379 g/mol. The summed E-state index contributed by atoms with van der Waals surface area (Å²) in [5.74, 6) is -0.274. The Balaban J connectivity index is 1.72. The van der Waals surface area contributed by atoms with Crippen LogP contribution in [0, 0.1) is 0 Å². The van der Waals surface area contributed by atoms with Gasteiger partial charge in [-0.25, -0.2) is 4.98 Å². The number of amides is 1. The molecule has 0 saturated heterocycles. The van der Waals surface area contributed by atoms with Crippen molar-refractivity contribution in [2.75, 3.05) is 5.32 Å². The Morgan fingerprint density at radius 2 is 1.75 bits per heavy atom. The van der Waals surface area contributed by atoms with Gasteiger partial charge in [0.2, 0.25) is 0 Å². The zero-order valence-electron chi connectivity index (χ0n) is 12.3. The second-order valence-corrected chi connectivity index (χ2v) is 6.35. The quantitative estimate of drug-likeness (QED) is 0.637. The van der Waals surface area contributed by atoms with Crippen LogP contribution in [0.5, 0.6) is 0 Å². The molecule has 0 saturated carbocycles. The van der Waals surface area contributed by atoms with Gasteiger partial charge in [-0.05, 0) is 29.8 Å². The van der Waals surface area contributed by atoms with Crippen LogP contribution in [0.25, 0.3) is 0 Å². The van der Waals surface area contributed by atoms with Crippen molar-refractivity contribution in [1.29, 1.82) is 0 Å². The third kappa shape index (κ3) is 3.90. The van der Waals surface area contributed by atoms with E-state index in [2.05, 4.69) is 10.3 Å². The molecule has 0 radical (unpaired) electrons. The van der Waals surface area contributed by atoms with Crippen LogP contribution >= 0.6 is 34.8 Å².